The van der Waals surface area contributed by atoms with Crippen molar-refractivity contribution in [3.8, 4) is 0 Å². The third kappa shape index (κ3) is 4.67. The molecule has 31 heavy (non-hydrogen) atoms. The number of aliphatic hydroxyl groups excluding tert-OH is 1. The molecule has 0 spiro atoms. The van der Waals surface area contributed by atoms with Gasteiger partial charge in [0.05, 0.1) is 24.5 Å². The third-order valence-corrected chi connectivity index (χ3v) is 6.25. The van der Waals surface area contributed by atoms with Crippen LogP contribution in [0.2, 0.25) is 0 Å². The number of cyclic esters (lactones) is 1. The standard InChI is InChI=1S/C20H26FN5O4S/c21-16-10-14(2-3-17(16)23-6-8-24(9-7-23)18(28)13-27)26-12-15(30-20(26)29)11-22-19(31)25-4-1-5-25/h2-3,10,15,27H,1,4-9,11-13H2,(H,22,31). The Morgan fingerprint density at radius 3 is 2.55 bits per heavy atom. The van der Waals surface area contributed by atoms with Crippen molar-refractivity contribution in [1.29, 1.82) is 0 Å². The minimum absolute atomic E-state index is 0.315. The summed E-state index contributed by atoms with van der Waals surface area (Å²) in [6.45, 7) is 3.89. The van der Waals surface area contributed by atoms with Crippen molar-refractivity contribution < 1.29 is 23.8 Å². The Labute approximate surface area is 185 Å². The molecule has 1 aromatic rings. The summed E-state index contributed by atoms with van der Waals surface area (Å²) in [6.07, 6.45) is 0.253. The van der Waals surface area contributed by atoms with E-state index >= 15 is 0 Å². The second-order valence-corrected chi connectivity index (χ2v) is 8.19. The van der Waals surface area contributed by atoms with Gasteiger partial charge in [0.2, 0.25) is 5.91 Å². The molecule has 168 valence electrons. The molecule has 2 N–H and O–H groups in total. The first-order chi connectivity index (χ1) is 15.0. The monoisotopic (exact) mass is 451 g/mol. The fourth-order valence-electron chi connectivity index (χ4n) is 3.89. The normalized spacial score (nSPS) is 21.1. The summed E-state index contributed by atoms with van der Waals surface area (Å²) < 4.78 is 20.2. The molecule has 3 aliphatic heterocycles. The molecule has 3 aliphatic rings. The van der Waals surface area contributed by atoms with Gasteiger partial charge in [-0.15, -0.1) is 0 Å². The molecule has 0 bridgehead atoms. The van der Waals surface area contributed by atoms with Crippen molar-refractivity contribution in [2.24, 2.45) is 0 Å². The Hall–Kier alpha value is -2.66. The van der Waals surface area contributed by atoms with E-state index < -0.39 is 18.5 Å². The molecule has 2 amide bonds. The first-order valence-corrected chi connectivity index (χ1v) is 10.8. The number of aliphatic hydroxyl groups is 1. The van der Waals surface area contributed by atoms with Crippen LogP contribution in [0.5, 0.6) is 0 Å². The molecule has 4 rings (SSSR count). The quantitative estimate of drug-likeness (QED) is 0.621. The number of nitrogens with one attached hydrogen (secondary N) is 1. The summed E-state index contributed by atoms with van der Waals surface area (Å²) >= 11 is 5.31. The Morgan fingerprint density at radius 1 is 1.19 bits per heavy atom. The summed E-state index contributed by atoms with van der Waals surface area (Å²) in [6, 6.07) is 4.68. The van der Waals surface area contributed by atoms with E-state index in [0.717, 1.165) is 19.5 Å². The van der Waals surface area contributed by atoms with Crippen LogP contribution in [-0.2, 0) is 9.53 Å². The maximum atomic E-state index is 14.8. The topological polar surface area (TPSA) is 88.6 Å². The lowest BCUT2D eigenvalue weighted by atomic mass is 10.2. The van der Waals surface area contributed by atoms with Gasteiger partial charge in [-0.2, -0.15) is 0 Å². The minimum Gasteiger partial charge on any atom is -0.442 e. The summed E-state index contributed by atoms with van der Waals surface area (Å²) in [5.41, 5.74) is 0.860. The van der Waals surface area contributed by atoms with Crippen LogP contribution in [0.1, 0.15) is 6.42 Å². The van der Waals surface area contributed by atoms with Crippen molar-refractivity contribution in [2.75, 3.05) is 68.8 Å². The summed E-state index contributed by atoms with van der Waals surface area (Å²) in [7, 11) is 0. The number of nitrogens with zero attached hydrogens (tertiary/aromatic N) is 4. The number of benzene rings is 1. The molecule has 0 aromatic heterocycles. The summed E-state index contributed by atoms with van der Waals surface area (Å²) in [5, 5.41) is 12.8. The molecule has 3 heterocycles. The SMILES string of the molecule is O=C(CO)N1CCN(c2ccc(N3CC(CNC(=S)N4CCC4)OC3=O)cc2F)CC1. The molecule has 0 saturated carbocycles. The van der Waals surface area contributed by atoms with Crippen LogP contribution in [0, 0.1) is 5.82 Å². The number of piperazine rings is 1. The molecule has 0 radical (unpaired) electrons. The van der Waals surface area contributed by atoms with Gasteiger partial charge >= 0.3 is 6.09 Å². The minimum atomic E-state index is -0.518. The maximum absolute atomic E-state index is 14.8. The Morgan fingerprint density at radius 2 is 1.94 bits per heavy atom. The van der Waals surface area contributed by atoms with Gasteiger partial charge in [0, 0.05) is 39.3 Å². The molecule has 0 aliphatic carbocycles. The van der Waals surface area contributed by atoms with Gasteiger partial charge in [-0.3, -0.25) is 9.69 Å². The fraction of sp³-hybridized carbons (Fsp3) is 0.550. The van der Waals surface area contributed by atoms with Gasteiger partial charge in [0.1, 0.15) is 18.5 Å². The molecule has 1 aromatic carbocycles. The highest BCUT2D eigenvalue weighted by molar-refractivity contribution is 7.80. The van der Waals surface area contributed by atoms with Crippen LogP contribution in [0.15, 0.2) is 18.2 Å². The molecule has 9 nitrogen and oxygen atoms in total. The van der Waals surface area contributed by atoms with E-state index in [2.05, 4.69) is 10.2 Å². The number of anilines is 2. The van der Waals surface area contributed by atoms with Crippen molar-refractivity contribution >= 4 is 40.7 Å². The average molecular weight is 452 g/mol. The number of amides is 2. The van der Waals surface area contributed by atoms with Crippen molar-refractivity contribution in [2.45, 2.75) is 12.5 Å². The number of hydrogen-bond donors (Lipinski definition) is 2. The largest absolute Gasteiger partial charge is 0.442 e. The van der Waals surface area contributed by atoms with Crippen LogP contribution in [0.4, 0.5) is 20.6 Å². The smallest absolute Gasteiger partial charge is 0.414 e. The van der Waals surface area contributed by atoms with Crippen LogP contribution >= 0.6 is 12.2 Å². The molecule has 1 unspecified atom stereocenters. The van der Waals surface area contributed by atoms with Gasteiger partial charge in [-0.05, 0) is 36.8 Å². The predicted octanol–water partition coefficient (Wildman–Crippen LogP) is 0.372. The zero-order valence-electron chi connectivity index (χ0n) is 17.1. The van der Waals surface area contributed by atoms with Crippen LogP contribution in [0.3, 0.4) is 0 Å². The van der Waals surface area contributed by atoms with Crippen molar-refractivity contribution in [3.63, 3.8) is 0 Å². The Bertz CT molecular complexity index is 860. The zero-order chi connectivity index (χ0) is 22.0. The van der Waals surface area contributed by atoms with Crippen LogP contribution in [-0.4, -0.2) is 97.1 Å². The lowest BCUT2D eigenvalue weighted by molar-refractivity contribution is -0.134. The van der Waals surface area contributed by atoms with Gasteiger partial charge < -0.3 is 29.9 Å². The zero-order valence-corrected chi connectivity index (χ0v) is 17.9. The molecule has 3 saturated heterocycles. The number of rotatable bonds is 5. The van der Waals surface area contributed by atoms with E-state index in [4.69, 9.17) is 22.1 Å². The lowest BCUT2D eigenvalue weighted by Gasteiger charge is -2.36. The van der Waals surface area contributed by atoms with E-state index in [0.29, 0.717) is 55.8 Å². The number of hydrogen-bond acceptors (Lipinski definition) is 6. The van der Waals surface area contributed by atoms with E-state index in [9.17, 15) is 14.0 Å². The number of carbonyl (C=O) groups excluding carboxylic acids is 2. The Kier molecular flexibility index (Phi) is 6.42. The number of ether oxygens (including phenoxy) is 1. The first-order valence-electron chi connectivity index (χ1n) is 10.4. The second kappa shape index (κ2) is 9.23. The van der Waals surface area contributed by atoms with E-state index in [1.54, 1.807) is 17.0 Å². The number of likely N-dealkylation sites (tertiary alicyclic amines) is 1. The van der Waals surface area contributed by atoms with Gasteiger partial charge in [0.15, 0.2) is 5.11 Å². The van der Waals surface area contributed by atoms with Gasteiger partial charge in [0.25, 0.3) is 0 Å². The molecular formula is C20H26FN5O4S. The predicted molar refractivity (Wildman–Crippen MR) is 117 cm³/mol. The molecule has 11 heteroatoms. The highest BCUT2D eigenvalue weighted by Gasteiger charge is 2.33. The van der Waals surface area contributed by atoms with Gasteiger partial charge in [-0.25, -0.2) is 9.18 Å². The highest BCUT2D eigenvalue weighted by atomic mass is 32.1. The lowest BCUT2D eigenvalue weighted by Crippen LogP contribution is -2.49. The summed E-state index contributed by atoms with van der Waals surface area (Å²) in [4.78, 5) is 30.8. The maximum Gasteiger partial charge on any atom is 0.414 e. The van der Waals surface area contributed by atoms with Gasteiger partial charge in [-0.1, -0.05) is 0 Å². The fourth-order valence-corrected chi connectivity index (χ4v) is 4.15. The van der Waals surface area contributed by atoms with Crippen LogP contribution in [0.25, 0.3) is 0 Å². The van der Waals surface area contributed by atoms with E-state index in [-0.39, 0.29) is 12.0 Å². The number of thiocarbonyl (C=S) groups is 1. The van der Waals surface area contributed by atoms with Crippen molar-refractivity contribution in [3.05, 3.63) is 24.0 Å². The molecule has 1 atom stereocenters. The van der Waals surface area contributed by atoms with Crippen LogP contribution < -0.4 is 15.1 Å². The second-order valence-electron chi connectivity index (χ2n) is 7.80. The molecular weight excluding hydrogens is 425 g/mol. The summed E-state index contributed by atoms with van der Waals surface area (Å²) in [5.74, 6) is -0.759. The average Bonchev–Trinajstić information content (AvgIpc) is 3.11. The Balaban J connectivity index is 1.34. The first kappa shape index (κ1) is 21.6. The van der Waals surface area contributed by atoms with Crippen molar-refractivity contribution in [1.82, 2.24) is 15.1 Å². The highest BCUT2D eigenvalue weighted by Crippen LogP contribution is 2.28. The molecule has 3 fully saturated rings. The van der Waals surface area contributed by atoms with E-state index in [1.807, 2.05) is 4.90 Å². The number of carbonyl (C=O) groups is 2. The third-order valence-electron chi connectivity index (χ3n) is 5.85. The van der Waals surface area contributed by atoms with E-state index in [1.165, 1.54) is 11.0 Å². The number of halogens is 1.